The minimum Gasteiger partial charge on any atom is -0.418 e. The Morgan fingerprint density at radius 1 is 0.725 bits per heavy atom. The van der Waals surface area contributed by atoms with Crippen molar-refractivity contribution in [2.75, 3.05) is 19.0 Å². The lowest BCUT2D eigenvalue weighted by atomic mass is 10.00. The smallest absolute Gasteiger partial charge is 0.418 e. The van der Waals surface area contributed by atoms with Gasteiger partial charge in [-0.3, -0.25) is 0 Å². The highest BCUT2D eigenvalue weighted by Crippen LogP contribution is 2.28. The first-order valence-electron chi connectivity index (χ1n) is 12.7. The van der Waals surface area contributed by atoms with E-state index in [4.69, 9.17) is 0 Å². The van der Waals surface area contributed by atoms with Crippen LogP contribution < -0.4 is 9.47 Å². The third-order valence-corrected chi connectivity index (χ3v) is 6.98. The van der Waals surface area contributed by atoms with Crippen LogP contribution in [0.25, 0.3) is 34.5 Å². The molecule has 0 aliphatic heterocycles. The molecule has 0 aliphatic carbocycles. The molecule has 0 aliphatic rings. The van der Waals surface area contributed by atoms with Crippen LogP contribution in [-0.4, -0.2) is 21.3 Å². The van der Waals surface area contributed by atoms with Crippen molar-refractivity contribution in [2.24, 2.45) is 5.92 Å². The van der Waals surface area contributed by atoms with Gasteiger partial charge in [-0.15, -0.1) is 0 Å². The van der Waals surface area contributed by atoms with Crippen LogP contribution in [0.15, 0.2) is 93.9 Å². The molecule has 0 bridgehead atoms. The van der Waals surface area contributed by atoms with Crippen LogP contribution in [-0.2, 0) is 6.54 Å². The molecule has 0 fully saturated rings. The predicted octanol–water partition coefficient (Wildman–Crippen LogP) is 10.0. The SMILES string of the molecule is CC(C)C[n+]1c(/C=C/c2ccc(N(C)C)cc2)cc(-c2ccc(Br)cc2)cc1-c1ccc(Br)cc1.F[B-](F)(F)F. The molecule has 0 radical (unpaired) electrons. The van der Waals surface area contributed by atoms with Crippen molar-refractivity contribution >= 4 is 57.0 Å². The lowest BCUT2D eigenvalue weighted by molar-refractivity contribution is -0.693. The number of hydrogen-bond acceptors (Lipinski definition) is 1. The number of hydrogen-bond donors (Lipinski definition) is 0. The number of anilines is 1. The van der Waals surface area contributed by atoms with Crippen molar-refractivity contribution in [3.8, 4) is 22.4 Å². The number of nitrogens with zero attached hydrogens (tertiary/aromatic N) is 2. The third kappa shape index (κ3) is 9.93. The van der Waals surface area contributed by atoms with Crippen LogP contribution in [0, 0.1) is 5.92 Å². The predicted molar refractivity (Wildman–Crippen MR) is 168 cm³/mol. The van der Waals surface area contributed by atoms with Gasteiger partial charge in [0.25, 0.3) is 0 Å². The lowest BCUT2D eigenvalue weighted by Gasteiger charge is -2.13. The number of halogens is 6. The summed E-state index contributed by atoms with van der Waals surface area (Å²) in [4.78, 5) is 2.12. The highest BCUT2D eigenvalue weighted by molar-refractivity contribution is 9.10. The summed E-state index contributed by atoms with van der Waals surface area (Å²) in [7, 11) is -1.87. The fourth-order valence-corrected chi connectivity index (χ4v) is 4.61. The molecule has 0 N–H and O–H groups in total. The van der Waals surface area contributed by atoms with E-state index in [1.165, 1.54) is 39.3 Å². The minimum atomic E-state index is -6.00. The maximum absolute atomic E-state index is 9.75. The van der Waals surface area contributed by atoms with Crippen molar-refractivity contribution in [1.82, 2.24) is 0 Å². The molecular formula is C31H31BBr2F4N2. The van der Waals surface area contributed by atoms with Crippen LogP contribution in [0.4, 0.5) is 23.0 Å². The number of benzene rings is 3. The summed E-state index contributed by atoms with van der Waals surface area (Å²) in [5.41, 5.74) is 8.41. The molecule has 0 spiro atoms. The zero-order valence-electron chi connectivity index (χ0n) is 22.8. The summed E-state index contributed by atoms with van der Waals surface area (Å²) >= 11 is 7.16. The largest absolute Gasteiger partial charge is 0.673 e. The Kier molecular flexibility index (Phi) is 11.2. The van der Waals surface area contributed by atoms with Crippen LogP contribution in [0.2, 0.25) is 0 Å². The molecule has 9 heteroatoms. The van der Waals surface area contributed by atoms with E-state index in [9.17, 15) is 17.3 Å². The maximum atomic E-state index is 9.75. The van der Waals surface area contributed by atoms with Gasteiger partial charge < -0.3 is 22.2 Å². The van der Waals surface area contributed by atoms with E-state index in [1.807, 2.05) is 0 Å². The Labute approximate surface area is 250 Å². The molecule has 1 aromatic heterocycles. The first-order chi connectivity index (χ1) is 18.8. The zero-order chi connectivity index (χ0) is 29.4. The first kappa shape index (κ1) is 31.6. The standard InChI is InChI=1S/C31H31Br2N2.BF4/c1-22(2)21-35-30(18-7-23-5-16-29(17-6-23)34(3)4)19-26(24-8-12-27(32)13-9-24)20-31(35)25-10-14-28(33)15-11-25;2-1(3,4)5/h5-20,22H,21H2,1-4H3;/q+1;-1. The second-order valence-electron chi connectivity index (χ2n) is 9.89. The quantitative estimate of drug-likeness (QED) is 0.107. The average molecular weight is 678 g/mol. The van der Waals surface area contributed by atoms with Crippen LogP contribution in [0.5, 0.6) is 0 Å². The monoisotopic (exact) mass is 676 g/mol. The number of pyridine rings is 1. The van der Waals surface area contributed by atoms with Crippen molar-refractivity contribution in [1.29, 1.82) is 0 Å². The van der Waals surface area contributed by atoms with E-state index < -0.39 is 7.25 Å². The number of rotatable bonds is 7. The van der Waals surface area contributed by atoms with Gasteiger partial charge in [0.1, 0.15) is 0 Å². The maximum Gasteiger partial charge on any atom is 0.673 e. The molecule has 4 rings (SSSR count). The van der Waals surface area contributed by atoms with Crippen LogP contribution >= 0.6 is 31.9 Å². The van der Waals surface area contributed by atoms with Crippen molar-refractivity contribution < 1.29 is 21.8 Å². The van der Waals surface area contributed by atoms with Crippen LogP contribution in [0.1, 0.15) is 25.1 Å². The van der Waals surface area contributed by atoms with Gasteiger partial charge in [0.2, 0.25) is 11.4 Å². The zero-order valence-corrected chi connectivity index (χ0v) is 25.9. The van der Waals surface area contributed by atoms with Crippen LogP contribution in [0.3, 0.4) is 0 Å². The molecule has 0 saturated heterocycles. The van der Waals surface area contributed by atoms with Gasteiger partial charge in [-0.05, 0) is 71.3 Å². The molecule has 0 unspecified atom stereocenters. The summed E-state index contributed by atoms with van der Waals surface area (Å²) < 4.78 is 43.6. The minimum absolute atomic E-state index is 0.513. The second-order valence-corrected chi connectivity index (χ2v) is 11.7. The van der Waals surface area contributed by atoms with E-state index >= 15 is 0 Å². The molecule has 3 aromatic carbocycles. The first-order valence-corrected chi connectivity index (χ1v) is 14.3. The molecule has 0 amide bonds. The molecule has 0 saturated carbocycles. The average Bonchev–Trinajstić information content (AvgIpc) is 2.88. The fraction of sp³-hybridized carbons (Fsp3) is 0.194. The molecule has 1 heterocycles. The molecule has 210 valence electrons. The Balaban J connectivity index is 0.000000810. The number of aromatic nitrogens is 1. The Bertz CT molecular complexity index is 1410. The Morgan fingerprint density at radius 2 is 1.23 bits per heavy atom. The summed E-state index contributed by atoms with van der Waals surface area (Å²) in [5.74, 6) is 0.513. The highest BCUT2D eigenvalue weighted by atomic mass is 79.9. The van der Waals surface area contributed by atoms with Gasteiger partial charge >= 0.3 is 7.25 Å². The molecule has 40 heavy (non-hydrogen) atoms. The van der Waals surface area contributed by atoms with Gasteiger partial charge in [-0.2, -0.15) is 4.57 Å². The van der Waals surface area contributed by atoms with E-state index in [1.54, 1.807) is 0 Å². The second kappa shape index (κ2) is 14.1. The molecule has 4 aromatic rings. The van der Waals surface area contributed by atoms with Gasteiger partial charge in [0.05, 0.1) is 0 Å². The summed E-state index contributed by atoms with van der Waals surface area (Å²) in [6.07, 6.45) is 4.46. The van der Waals surface area contributed by atoms with Crippen molar-refractivity contribution in [2.45, 2.75) is 20.4 Å². The summed E-state index contributed by atoms with van der Waals surface area (Å²) in [5, 5.41) is 0. The van der Waals surface area contributed by atoms with E-state index in [0.29, 0.717) is 5.92 Å². The van der Waals surface area contributed by atoms with Gasteiger partial charge in [0, 0.05) is 58.4 Å². The Hall–Kier alpha value is -2.91. The van der Waals surface area contributed by atoms with Gasteiger partial charge in [-0.1, -0.05) is 70.0 Å². The van der Waals surface area contributed by atoms with Crippen molar-refractivity contribution in [3.63, 3.8) is 0 Å². The lowest BCUT2D eigenvalue weighted by Crippen LogP contribution is -2.41. The fourth-order valence-electron chi connectivity index (χ4n) is 4.08. The van der Waals surface area contributed by atoms with E-state index in [-0.39, 0.29) is 0 Å². The summed E-state index contributed by atoms with van der Waals surface area (Å²) in [6, 6.07) is 30.4. The normalized spacial score (nSPS) is 11.5. The van der Waals surface area contributed by atoms with E-state index in [0.717, 1.165) is 15.5 Å². The Morgan fingerprint density at radius 3 is 1.70 bits per heavy atom. The third-order valence-electron chi connectivity index (χ3n) is 5.92. The highest BCUT2D eigenvalue weighted by Gasteiger charge is 2.22. The van der Waals surface area contributed by atoms with Gasteiger partial charge in [0.15, 0.2) is 6.54 Å². The summed E-state index contributed by atoms with van der Waals surface area (Å²) in [6.45, 7) is 5.48. The topological polar surface area (TPSA) is 7.12 Å². The molecular weight excluding hydrogens is 647 g/mol. The van der Waals surface area contributed by atoms with E-state index in [2.05, 4.69) is 166 Å². The molecule has 2 nitrogen and oxygen atoms in total. The molecule has 0 atom stereocenters. The van der Waals surface area contributed by atoms with Crippen molar-refractivity contribution in [3.05, 3.63) is 105 Å². The van der Waals surface area contributed by atoms with Gasteiger partial charge in [-0.25, -0.2) is 0 Å².